The van der Waals surface area contributed by atoms with Gasteiger partial charge in [0.2, 0.25) is 6.29 Å². The molecular weight excluding hydrogens is 150 g/mol. The molecule has 1 aromatic carbocycles. The Morgan fingerprint density at radius 3 is 2.50 bits per heavy atom. The number of hydrogen-bond donors (Lipinski definition) is 0. The molecule has 1 rings (SSSR count). The van der Waals surface area contributed by atoms with Crippen LogP contribution in [0.5, 0.6) is 0 Å². The SMILES string of the molecule is N#C/C([C]=O)=C\c1ccccc1. The van der Waals surface area contributed by atoms with E-state index in [0.29, 0.717) is 0 Å². The van der Waals surface area contributed by atoms with Gasteiger partial charge in [0.05, 0.1) is 0 Å². The molecular formula is C10H6NO. The van der Waals surface area contributed by atoms with Crippen LogP contribution in [0, 0.1) is 11.3 Å². The summed E-state index contributed by atoms with van der Waals surface area (Å²) in [5.41, 5.74) is 0.846. The molecule has 0 spiro atoms. The normalized spacial score (nSPS) is 10.4. The molecule has 0 N–H and O–H groups in total. The second-order valence-electron chi connectivity index (χ2n) is 2.18. The highest BCUT2D eigenvalue weighted by Gasteiger charge is 1.92. The predicted octanol–water partition coefficient (Wildman–Crippen LogP) is 1.70. The first-order valence-corrected chi connectivity index (χ1v) is 3.42. The average molecular weight is 156 g/mol. The van der Waals surface area contributed by atoms with Gasteiger partial charge < -0.3 is 0 Å². The third kappa shape index (κ3) is 2.06. The Balaban J connectivity index is 2.96. The number of rotatable bonds is 2. The zero-order valence-electron chi connectivity index (χ0n) is 6.32. The molecule has 0 heterocycles. The van der Waals surface area contributed by atoms with Crippen molar-refractivity contribution in [3.63, 3.8) is 0 Å². The fraction of sp³-hybridized carbons (Fsp3) is 0. The summed E-state index contributed by atoms with van der Waals surface area (Å²) in [6.45, 7) is 0. The van der Waals surface area contributed by atoms with Crippen LogP contribution in [0.2, 0.25) is 0 Å². The number of nitriles is 1. The average Bonchev–Trinajstić information content (AvgIpc) is 2.16. The summed E-state index contributed by atoms with van der Waals surface area (Å²) in [5.74, 6) is 0. The number of carbonyl (C=O) groups excluding carboxylic acids is 1. The number of benzene rings is 1. The van der Waals surface area contributed by atoms with Crippen molar-refractivity contribution in [2.75, 3.05) is 0 Å². The molecule has 2 nitrogen and oxygen atoms in total. The summed E-state index contributed by atoms with van der Waals surface area (Å²) >= 11 is 0. The van der Waals surface area contributed by atoms with E-state index in [1.54, 1.807) is 12.4 Å². The molecule has 57 valence electrons. The molecule has 0 saturated carbocycles. The van der Waals surface area contributed by atoms with E-state index in [4.69, 9.17) is 5.26 Å². The van der Waals surface area contributed by atoms with E-state index in [1.807, 2.05) is 30.3 Å². The van der Waals surface area contributed by atoms with Crippen LogP contribution in [0.25, 0.3) is 6.08 Å². The van der Waals surface area contributed by atoms with Crippen molar-refractivity contribution in [1.29, 1.82) is 5.26 Å². The lowest BCUT2D eigenvalue weighted by Gasteiger charge is -1.89. The first-order valence-electron chi connectivity index (χ1n) is 3.42. The van der Waals surface area contributed by atoms with Crippen molar-refractivity contribution in [3.05, 3.63) is 41.5 Å². The summed E-state index contributed by atoms with van der Waals surface area (Å²) in [5, 5.41) is 8.41. The Morgan fingerprint density at radius 1 is 1.33 bits per heavy atom. The Morgan fingerprint density at radius 2 is 2.00 bits per heavy atom. The zero-order valence-corrected chi connectivity index (χ0v) is 6.32. The minimum absolute atomic E-state index is 0.0150. The molecule has 0 aliphatic carbocycles. The number of nitrogens with zero attached hydrogens (tertiary/aromatic N) is 1. The van der Waals surface area contributed by atoms with Crippen molar-refractivity contribution in [1.82, 2.24) is 0 Å². The van der Waals surface area contributed by atoms with Crippen LogP contribution in [0.3, 0.4) is 0 Å². The lowest BCUT2D eigenvalue weighted by Crippen LogP contribution is -1.78. The largest absolute Gasteiger partial charge is 0.284 e. The molecule has 2 heteroatoms. The summed E-state index contributed by atoms with van der Waals surface area (Å²) in [6.07, 6.45) is 3.04. The molecule has 0 bridgehead atoms. The van der Waals surface area contributed by atoms with Gasteiger partial charge in [0.15, 0.2) is 0 Å². The smallest absolute Gasteiger partial charge is 0.244 e. The van der Waals surface area contributed by atoms with E-state index in [1.165, 1.54) is 6.08 Å². The predicted molar refractivity (Wildman–Crippen MR) is 45.7 cm³/mol. The molecule has 0 aliphatic rings. The Bertz CT molecular complexity index is 333. The summed E-state index contributed by atoms with van der Waals surface area (Å²) in [4.78, 5) is 10.1. The van der Waals surface area contributed by atoms with Gasteiger partial charge in [0, 0.05) is 0 Å². The van der Waals surface area contributed by atoms with Gasteiger partial charge in [0.1, 0.15) is 11.6 Å². The molecule has 0 aliphatic heterocycles. The highest BCUT2D eigenvalue weighted by atomic mass is 16.1. The quantitative estimate of drug-likeness (QED) is 0.483. The molecule has 0 aromatic heterocycles. The Labute approximate surface area is 70.8 Å². The summed E-state index contributed by atoms with van der Waals surface area (Å²) in [6, 6.07) is 10.9. The zero-order chi connectivity index (χ0) is 8.81. The number of allylic oxidation sites excluding steroid dienone is 1. The van der Waals surface area contributed by atoms with Gasteiger partial charge >= 0.3 is 0 Å². The molecule has 0 amide bonds. The van der Waals surface area contributed by atoms with E-state index >= 15 is 0 Å². The van der Waals surface area contributed by atoms with Crippen LogP contribution in [-0.2, 0) is 4.79 Å². The molecule has 0 saturated heterocycles. The van der Waals surface area contributed by atoms with Gasteiger partial charge in [-0.05, 0) is 11.6 Å². The highest BCUT2D eigenvalue weighted by molar-refractivity contribution is 5.87. The lowest BCUT2D eigenvalue weighted by atomic mass is 10.1. The van der Waals surface area contributed by atoms with Crippen molar-refractivity contribution in [2.45, 2.75) is 0 Å². The Hall–Kier alpha value is -1.88. The van der Waals surface area contributed by atoms with E-state index in [0.717, 1.165) is 5.56 Å². The van der Waals surface area contributed by atoms with E-state index in [-0.39, 0.29) is 5.57 Å². The van der Waals surface area contributed by atoms with Gasteiger partial charge in [-0.2, -0.15) is 5.26 Å². The molecule has 1 aromatic rings. The standard InChI is InChI=1S/C10H6NO/c11-7-10(8-12)6-9-4-2-1-3-5-9/h1-6H/b10-6+. The third-order valence-electron chi connectivity index (χ3n) is 1.34. The Kier molecular flexibility index (Phi) is 2.80. The van der Waals surface area contributed by atoms with Crippen LogP contribution in [0.4, 0.5) is 0 Å². The maximum atomic E-state index is 10.1. The van der Waals surface area contributed by atoms with Gasteiger partial charge in [-0.3, -0.25) is 4.79 Å². The molecule has 0 unspecified atom stereocenters. The van der Waals surface area contributed by atoms with Crippen LogP contribution in [0.15, 0.2) is 35.9 Å². The van der Waals surface area contributed by atoms with Crippen LogP contribution in [0.1, 0.15) is 5.56 Å². The van der Waals surface area contributed by atoms with Crippen molar-refractivity contribution in [2.24, 2.45) is 0 Å². The van der Waals surface area contributed by atoms with Crippen LogP contribution >= 0.6 is 0 Å². The third-order valence-corrected chi connectivity index (χ3v) is 1.34. The highest BCUT2D eigenvalue weighted by Crippen LogP contribution is 2.03. The molecule has 0 fully saturated rings. The first kappa shape index (κ1) is 8.22. The summed E-state index contributed by atoms with van der Waals surface area (Å²) < 4.78 is 0. The molecule has 12 heavy (non-hydrogen) atoms. The summed E-state index contributed by atoms with van der Waals surface area (Å²) in [7, 11) is 0. The van der Waals surface area contributed by atoms with E-state index < -0.39 is 0 Å². The lowest BCUT2D eigenvalue weighted by molar-refractivity contribution is 0.563. The monoisotopic (exact) mass is 156 g/mol. The molecule has 0 atom stereocenters. The van der Waals surface area contributed by atoms with E-state index in [9.17, 15) is 4.79 Å². The van der Waals surface area contributed by atoms with Crippen LogP contribution < -0.4 is 0 Å². The molecule has 1 radical (unpaired) electrons. The topological polar surface area (TPSA) is 40.9 Å². The van der Waals surface area contributed by atoms with Crippen molar-refractivity contribution in [3.8, 4) is 6.07 Å². The fourth-order valence-corrected chi connectivity index (χ4v) is 0.800. The maximum Gasteiger partial charge on any atom is 0.244 e. The number of hydrogen-bond acceptors (Lipinski definition) is 2. The van der Waals surface area contributed by atoms with E-state index in [2.05, 4.69) is 0 Å². The minimum Gasteiger partial charge on any atom is -0.284 e. The second kappa shape index (κ2) is 4.09. The second-order valence-corrected chi connectivity index (χ2v) is 2.18. The van der Waals surface area contributed by atoms with Gasteiger partial charge in [-0.15, -0.1) is 0 Å². The van der Waals surface area contributed by atoms with Gasteiger partial charge in [-0.25, -0.2) is 0 Å². The maximum absolute atomic E-state index is 10.1. The fourth-order valence-electron chi connectivity index (χ4n) is 0.800. The van der Waals surface area contributed by atoms with Gasteiger partial charge in [-0.1, -0.05) is 30.3 Å². The van der Waals surface area contributed by atoms with Gasteiger partial charge in [0.25, 0.3) is 0 Å². The van der Waals surface area contributed by atoms with Crippen LogP contribution in [-0.4, -0.2) is 6.29 Å². The van der Waals surface area contributed by atoms with Crippen molar-refractivity contribution < 1.29 is 4.79 Å². The van der Waals surface area contributed by atoms with Crippen molar-refractivity contribution >= 4 is 12.4 Å². The minimum atomic E-state index is 0.0150. The first-order chi connectivity index (χ1) is 5.86.